The molecule has 0 bridgehead atoms. The van der Waals surface area contributed by atoms with Gasteiger partial charge in [0.25, 0.3) is 0 Å². The van der Waals surface area contributed by atoms with Crippen LogP contribution in [0.25, 0.3) is 0 Å². The zero-order valence-corrected chi connectivity index (χ0v) is 26.8. The van der Waals surface area contributed by atoms with Gasteiger partial charge in [-0.3, -0.25) is 24.4 Å². The lowest BCUT2D eigenvalue weighted by Crippen LogP contribution is -2.29. The lowest BCUT2D eigenvalue weighted by atomic mass is 10.1. The molecule has 0 saturated carbocycles. The minimum atomic E-state index is -0.0789. The highest BCUT2D eigenvalue weighted by atomic mass is 35.5. The molecular formula is C34H28Cl2N4O2S2. The van der Waals surface area contributed by atoms with Crippen LogP contribution in [0.5, 0.6) is 0 Å². The van der Waals surface area contributed by atoms with Crippen LogP contribution in [0.15, 0.2) is 102 Å². The minimum Gasteiger partial charge on any atom is -0.350 e. The molecule has 44 heavy (non-hydrogen) atoms. The number of anilines is 2. The van der Waals surface area contributed by atoms with Crippen molar-refractivity contribution in [1.29, 1.82) is 0 Å². The van der Waals surface area contributed by atoms with Crippen LogP contribution < -0.4 is 9.80 Å². The lowest BCUT2D eigenvalue weighted by Gasteiger charge is -2.26. The Morgan fingerprint density at radius 2 is 1.14 bits per heavy atom. The summed E-state index contributed by atoms with van der Waals surface area (Å²) in [5, 5.41) is 1.22. The summed E-state index contributed by atoms with van der Waals surface area (Å²) in [7, 11) is 0. The largest absolute Gasteiger partial charge is 0.350 e. The molecule has 3 aliphatic rings. The first-order valence-electron chi connectivity index (χ1n) is 14.3. The monoisotopic (exact) mass is 658 g/mol. The third-order valence-corrected chi connectivity index (χ3v) is 10.9. The highest BCUT2D eigenvalue weighted by molar-refractivity contribution is 8.01. The van der Waals surface area contributed by atoms with Gasteiger partial charge in [0.15, 0.2) is 0 Å². The average Bonchev–Trinajstić information content (AvgIpc) is 3.77. The third kappa shape index (κ3) is 5.84. The molecule has 0 spiro atoms. The van der Waals surface area contributed by atoms with Gasteiger partial charge in [0, 0.05) is 40.1 Å². The molecule has 0 radical (unpaired) electrons. The van der Waals surface area contributed by atoms with Crippen molar-refractivity contribution < 1.29 is 9.59 Å². The molecule has 10 heteroatoms. The number of carbonyl (C=O) groups is 2. The van der Waals surface area contributed by atoms with Gasteiger partial charge in [-0.05, 0) is 77.4 Å². The van der Waals surface area contributed by atoms with Crippen molar-refractivity contribution in [3.05, 3.63) is 129 Å². The summed E-state index contributed by atoms with van der Waals surface area (Å²) in [5.41, 5.74) is 6.05. The Labute approximate surface area is 275 Å². The van der Waals surface area contributed by atoms with Gasteiger partial charge in [-0.25, -0.2) is 0 Å². The zero-order chi connectivity index (χ0) is 30.2. The molecule has 2 fully saturated rings. The maximum Gasteiger partial charge on any atom is 0.238 e. The van der Waals surface area contributed by atoms with Crippen molar-refractivity contribution in [1.82, 2.24) is 4.90 Å². The molecule has 6 nitrogen and oxygen atoms in total. The first-order valence-corrected chi connectivity index (χ1v) is 17.2. The Hall–Kier alpha value is -3.43. The van der Waals surface area contributed by atoms with E-state index in [1.807, 2.05) is 82.6 Å². The maximum absolute atomic E-state index is 12.9. The Morgan fingerprint density at radius 3 is 1.64 bits per heavy atom. The number of benzene rings is 4. The fourth-order valence-electron chi connectivity index (χ4n) is 5.82. The second-order valence-corrected chi connectivity index (χ2v) is 13.8. The van der Waals surface area contributed by atoms with E-state index in [-0.39, 0.29) is 22.6 Å². The highest BCUT2D eigenvalue weighted by Crippen LogP contribution is 2.43. The Kier molecular flexibility index (Phi) is 8.33. The van der Waals surface area contributed by atoms with Crippen molar-refractivity contribution in [3.8, 4) is 0 Å². The summed E-state index contributed by atoms with van der Waals surface area (Å²) in [5.74, 6) is 2.05. The van der Waals surface area contributed by atoms with E-state index in [1.54, 1.807) is 23.5 Å². The van der Waals surface area contributed by atoms with Crippen molar-refractivity contribution in [2.45, 2.75) is 17.3 Å². The van der Waals surface area contributed by atoms with Crippen molar-refractivity contribution in [2.75, 3.05) is 34.4 Å². The molecule has 3 heterocycles. The maximum atomic E-state index is 12.9. The van der Waals surface area contributed by atoms with E-state index in [9.17, 15) is 9.59 Å². The van der Waals surface area contributed by atoms with Crippen LogP contribution in [-0.2, 0) is 16.1 Å². The van der Waals surface area contributed by atoms with Crippen molar-refractivity contribution in [3.63, 3.8) is 0 Å². The van der Waals surface area contributed by atoms with Crippen LogP contribution >= 0.6 is 46.7 Å². The molecule has 2 saturated heterocycles. The molecule has 0 aliphatic carbocycles. The summed E-state index contributed by atoms with van der Waals surface area (Å²) in [6.07, 6.45) is 0. The Bertz CT molecular complexity index is 1710. The number of aliphatic imine (C=N–C) groups is 1. The smallest absolute Gasteiger partial charge is 0.238 e. The number of rotatable bonds is 7. The molecule has 4 aromatic carbocycles. The molecular weight excluding hydrogens is 631 g/mol. The molecule has 2 amide bonds. The third-order valence-electron chi connectivity index (χ3n) is 7.97. The highest BCUT2D eigenvalue weighted by Gasteiger charge is 2.35. The normalized spacial score (nSPS) is 20.1. The molecule has 3 aliphatic heterocycles. The first-order chi connectivity index (χ1) is 21.4. The quantitative estimate of drug-likeness (QED) is 0.203. The van der Waals surface area contributed by atoms with Gasteiger partial charge < -0.3 is 4.90 Å². The van der Waals surface area contributed by atoms with Gasteiger partial charge in [0.05, 0.1) is 18.1 Å². The van der Waals surface area contributed by atoms with Crippen LogP contribution in [0, 0.1) is 0 Å². The standard InChI is InChI=1S/C34H28Cl2N4O2S2/c35-26-9-3-24(4-10-26)33-39(30(41)20-43-33)28-13-1-22(2-14-28)19-38-18-17-37-32(38)23-7-15-29(16-8-23)40-31(42)21-44-34(40)25-5-11-27(36)12-6-25/h1-16,33-34H,17-21H2. The fraction of sp³-hybridized carbons (Fsp3) is 0.206. The molecule has 0 N–H and O–H groups in total. The molecule has 2 unspecified atom stereocenters. The summed E-state index contributed by atoms with van der Waals surface area (Å²) in [6.45, 7) is 2.28. The number of carbonyl (C=O) groups excluding carboxylic acids is 2. The van der Waals surface area contributed by atoms with E-state index in [4.69, 9.17) is 28.2 Å². The van der Waals surface area contributed by atoms with E-state index < -0.39 is 0 Å². The molecule has 4 aromatic rings. The number of thioether (sulfide) groups is 2. The van der Waals surface area contributed by atoms with Crippen LogP contribution in [0.1, 0.15) is 33.0 Å². The number of hydrogen-bond acceptors (Lipinski definition) is 6. The molecule has 2 atom stereocenters. The van der Waals surface area contributed by atoms with E-state index in [1.165, 1.54) is 0 Å². The lowest BCUT2D eigenvalue weighted by molar-refractivity contribution is -0.116. The van der Waals surface area contributed by atoms with Crippen LogP contribution in [0.2, 0.25) is 10.0 Å². The van der Waals surface area contributed by atoms with E-state index in [2.05, 4.69) is 29.2 Å². The van der Waals surface area contributed by atoms with Crippen LogP contribution in [-0.4, -0.2) is 47.1 Å². The molecule has 222 valence electrons. The van der Waals surface area contributed by atoms with Gasteiger partial charge >= 0.3 is 0 Å². The number of amidine groups is 1. The fourth-order valence-corrected chi connectivity index (χ4v) is 8.43. The van der Waals surface area contributed by atoms with Gasteiger partial charge in [0.2, 0.25) is 11.8 Å². The minimum absolute atomic E-state index is 0.0678. The van der Waals surface area contributed by atoms with Crippen LogP contribution in [0.3, 0.4) is 0 Å². The average molecular weight is 660 g/mol. The Balaban J connectivity index is 1.04. The van der Waals surface area contributed by atoms with E-state index in [0.717, 1.165) is 52.6 Å². The number of halogens is 2. The van der Waals surface area contributed by atoms with E-state index in [0.29, 0.717) is 28.1 Å². The second kappa shape index (κ2) is 12.5. The summed E-state index contributed by atoms with van der Waals surface area (Å²) >= 11 is 15.4. The van der Waals surface area contributed by atoms with Gasteiger partial charge in [-0.2, -0.15) is 0 Å². The van der Waals surface area contributed by atoms with Gasteiger partial charge in [-0.1, -0.05) is 59.6 Å². The van der Waals surface area contributed by atoms with E-state index >= 15 is 0 Å². The van der Waals surface area contributed by atoms with Gasteiger partial charge in [0.1, 0.15) is 16.6 Å². The van der Waals surface area contributed by atoms with Crippen molar-refractivity contribution >= 4 is 75.8 Å². The first kappa shape index (κ1) is 29.3. The number of hydrogen-bond donors (Lipinski definition) is 0. The number of amides is 2. The topological polar surface area (TPSA) is 56.2 Å². The summed E-state index contributed by atoms with van der Waals surface area (Å²) in [6, 6.07) is 31.8. The predicted octanol–water partition coefficient (Wildman–Crippen LogP) is 7.81. The molecule has 0 aromatic heterocycles. The Morgan fingerprint density at radius 1 is 0.659 bits per heavy atom. The second-order valence-electron chi connectivity index (χ2n) is 10.8. The summed E-state index contributed by atoms with van der Waals surface area (Å²) in [4.78, 5) is 36.6. The van der Waals surface area contributed by atoms with Crippen molar-refractivity contribution in [2.24, 2.45) is 4.99 Å². The SMILES string of the molecule is O=C1CSC(c2ccc(Cl)cc2)N1c1ccc(CN2CCN=C2c2ccc(N3C(=O)CSC3c3ccc(Cl)cc3)cc2)cc1. The summed E-state index contributed by atoms with van der Waals surface area (Å²) < 4.78 is 0. The number of nitrogens with zero attached hydrogens (tertiary/aromatic N) is 4. The zero-order valence-electron chi connectivity index (χ0n) is 23.6. The van der Waals surface area contributed by atoms with Gasteiger partial charge in [-0.15, -0.1) is 23.5 Å². The molecule has 7 rings (SSSR count). The van der Waals surface area contributed by atoms with Crippen LogP contribution in [0.4, 0.5) is 11.4 Å². The predicted molar refractivity (Wildman–Crippen MR) is 183 cm³/mol.